The molecule has 0 saturated carbocycles. The van der Waals surface area contributed by atoms with Gasteiger partial charge in [-0.3, -0.25) is 0 Å². The first kappa shape index (κ1) is 36.9. The van der Waals surface area contributed by atoms with Crippen molar-refractivity contribution in [3.8, 4) is 35.3 Å². The number of carboxylic acid groups (broad SMARTS) is 1. The molecule has 3 nitrogen and oxygen atoms in total. The number of rotatable bonds is 16. The Bertz CT molecular complexity index is 1950. The van der Waals surface area contributed by atoms with Crippen molar-refractivity contribution in [2.75, 3.05) is 0 Å². The van der Waals surface area contributed by atoms with Gasteiger partial charge in [-0.1, -0.05) is 99.4 Å². The number of aliphatic carboxylic acids is 1. The summed E-state index contributed by atoms with van der Waals surface area (Å²) in [7, 11) is 0. The third kappa shape index (κ3) is 9.32. The lowest BCUT2D eigenvalue weighted by atomic mass is 10.1. The standard InChI is InChI=1S/C38H37NO2S8/c1-3-5-7-9-11-24-19-27(20-26(22-39)36(40)41)45-34(24)30-15-13-28(46-30)29-14-16-31(47-29)35-25(12-10-8-6-4-2)21-32(48-35)33-23-44-38(49-33)37-42-17-18-43-37/h13-21,23H,3-12H2,1-2H3,(H,40,41)/b26-20+. The quantitative estimate of drug-likeness (QED) is 0.0688. The van der Waals surface area contributed by atoms with Crippen molar-refractivity contribution in [2.24, 2.45) is 0 Å². The topological polar surface area (TPSA) is 61.1 Å². The maximum Gasteiger partial charge on any atom is 0.346 e. The molecule has 0 aromatic carbocycles. The minimum Gasteiger partial charge on any atom is -0.477 e. The van der Waals surface area contributed by atoms with Crippen LogP contribution in [0.2, 0.25) is 0 Å². The van der Waals surface area contributed by atoms with Gasteiger partial charge in [0.25, 0.3) is 0 Å². The fourth-order valence-electron chi connectivity index (χ4n) is 5.57. The van der Waals surface area contributed by atoms with Crippen molar-refractivity contribution >= 4 is 109 Å². The molecule has 4 aromatic rings. The number of nitrogens with zero attached hydrogens (tertiary/aromatic N) is 1. The lowest BCUT2D eigenvalue weighted by molar-refractivity contribution is -0.132. The molecule has 0 radical (unpaired) electrons. The molecule has 0 fully saturated rings. The highest BCUT2D eigenvalue weighted by Crippen LogP contribution is 2.57. The van der Waals surface area contributed by atoms with Crippen LogP contribution >= 0.6 is 92.4 Å². The van der Waals surface area contributed by atoms with E-state index in [4.69, 9.17) is 0 Å². The number of hydrogen-bond donors (Lipinski definition) is 1. The van der Waals surface area contributed by atoms with E-state index in [1.165, 1.54) is 110 Å². The van der Waals surface area contributed by atoms with Gasteiger partial charge in [-0.25, -0.2) is 4.79 Å². The van der Waals surface area contributed by atoms with Gasteiger partial charge in [0, 0.05) is 43.9 Å². The molecule has 1 N–H and O–H groups in total. The molecule has 11 heteroatoms. The van der Waals surface area contributed by atoms with E-state index in [1.807, 2.05) is 75.8 Å². The largest absolute Gasteiger partial charge is 0.477 e. The van der Waals surface area contributed by atoms with E-state index in [-0.39, 0.29) is 5.57 Å². The Morgan fingerprint density at radius 2 is 1.31 bits per heavy atom. The van der Waals surface area contributed by atoms with Crippen molar-refractivity contribution in [3.63, 3.8) is 0 Å². The summed E-state index contributed by atoms with van der Waals surface area (Å²) < 4.78 is 2.79. The molecular weight excluding hydrogens is 759 g/mol. The van der Waals surface area contributed by atoms with Gasteiger partial charge in [0.1, 0.15) is 11.6 Å². The van der Waals surface area contributed by atoms with Crippen molar-refractivity contribution in [1.29, 1.82) is 5.26 Å². The summed E-state index contributed by atoms with van der Waals surface area (Å²) in [4.78, 5) is 22.8. The molecule has 0 unspecified atom stereocenters. The second-order valence-electron chi connectivity index (χ2n) is 11.7. The smallest absolute Gasteiger partial charge is 0.346 e. The molecule has 0 spiro atoms. The predicted octanol–water partition coefficient (Wildman–Crippen LogP) is 15.0. The number of unbranched alkanes of at least 4 members (excludes halogenated alkanes) is 6. The monoisotopic (exact) mass is 795 g/mol. The minimum absolute atomic E-state index is 0.229. The average Bonchev–Trinajstić information content (AvgIpc) is 3.94. The maximum absolute atomic E-state index is 11.5. The molecular formula is C38H37NO2S8. The summed E-state index contributed by atoms with van der Waals surface area (Å²) in [6, 6.07) is 15.4. The summed E-state index contributed by atoms with van der Waals surface area (Å²) in [6.45, 7) is 4.49. The molecule has 0 bridgehead atoms. The van der Waals surface area contributed by atoms with Gasteiger partial charge >= 0.3 is 5.97 Å². The number of hydrogen-bond acceptors (Lipinski definition) is 10. The van der Waals surface area contributed by atoms with Crippen molar-refractivity contribution in [1.82, 2.24) is 0 Å². The zero-order valence-electron chi connectivity index (χ0n) is 27.4. The van der Waals surface area contributed by atoms with E-state index in [1.54, 1.807) is 22.7 Å². The third-order valence-electron chi connectivity index (χ3n) is 8.07. The molecule has 2 aliphatic heterocycles. The fourth-order valence-corrected chi connectivity index (χ4v) is 14.9. The summed E-state index contributed by atoms with van der Waals surface area (Å²) in [5.74, 6) is -1.18. The molecule has 4 aromatic heterocycles. The van der Waals surface area contributed by atoms with Gasteiger partial charge in [0.05, 0.1) is 8.47 Å². The van der Waals surface area contributed by atoms with Crippen LogP contribution in [0.25, 0.3) is 40.2 Å². The zero-order valence-corrected chi connectivity index (χ0v) is 33.9. The normalized spacial score (nSPS) is 14.6. The molecule has 254 valence electrons. The lowest BCUT2D eigenvalue weighted by Gasteiger charge is -2.02. The second kappa shape index (κ2) is 18.1. The highest BCUT2D eigenvalue weighted by molar-refractivity contribution is 8.35. The van der Waals surface area contributed by atoms with Gasteiger partial charge in [-0.05, 0) is 95.5 Å². The SMILES string of the molecule is CCCCCCc1cc(/C=C(\C#N)C(=O)O)sc1-c1ccc(-c2ccc(-c3sc(C4=CSC(=C5SC=CS5)S4)cc3CCCCCC)s2)s1. The lowest BCUT2D eigenvalue weighted by Crippen LogP contribution is -1.96. The summed E-state index contributed by atoms with van der Waals surface area (Å²) in [5, 5.41) is 25.5. The van der Waals surface area contributed by atoms with Crippen molar-refractivity contribution in [3.05, 3.63) is 87.6 Å². The third-order valence-corrected chi connectivity index (χ3v) is 18.3. The second-order valence-corrected chi connectivity index (χ2v) is 20.3. The van der Waals surface area contributed by atoms with E-state index >= 15 is 0 Å². The number of aryl methyl sites for hydroxylation is 2. The Morgan fingerprint density at radius 3 is 1.90 bits per heavy atom. The highest BCUT2D eigenvalue weighted by atomic mass is 32.2. The van der Waals surface area contributed by atoms with Crippen LogP contribution in [0, 0.1) is 11.3 Å². The molecule has 0 aliphatic carbocycles. The van der Waals surface area contributed by atoms with Crippen LogP contribution in [0.1, 0.15) is 86.1 Å². The van der Waals surface area contributed by atoms with Crippen molar-refractivity contribution < 1.29 is 9.90 Å². The Hall–Kier alpha value is -1.88. The number of carboxylic acids is 1. The molecule has 6 heterocycles. The van der Waals surface area contributed by atoms with Gasteiger partial charge in [0.2, 0.25) is 0 Å². The molecule has 0 atom stereocenters. The first-order valence-corrected chi connectivity index (χ1v) is 23.3. The average molecular weight is 796 g/mol. The summed E-state index contributed by atoms with van der Waals surface area (Å²) >= 11 is 14.7. The highest BCUT2D eigenvalue weighted by Gasteiger charge is 2.23. The van der Waals surface area contributed by atoms with E-state index in [0.717, 1.165) is 24.1 Å². The van der Waals surface area contributed by atoms with Gasteiger partial charge in [0.15, 0.2) is 0 Å². The van der Waals surface area contributed by atoms with Crippen LogP contribution in [-0.4, -0.2) is 11.1 Å². The Labute approximate surface area is 322 Å². The molecule has 49 heavy (non-hydrogen) atoms. The number of thiophene rings is 4. The summed E-state index contributed by atoms with van der Waals surface area (Å²) in [5.41, 5.74) is 2.49. The molecule has 2 aliphatic rings. The van der Waals surface area contributed by atoms with Crippen LogP contribution in [0.15, 0.2) is 66.7 Å². The van der Waals surface area contributed by atoms with Crippen molar-refractivity contribution in [2.45, 2.75) is 78.1 Å². The first-order chi connectivity index (χ1) is 24.0. The maximum atomic E-state index is 11.5. The van der Waals surface area contributed by atoms with Gasteiger partial charge in [-0.15, -0.1) is 45.3 Å². The molecule has 6 rings (SSSR count). The van der Waals surface area contributed by atoms with E-state index in [9.17, 15) is 15.2 Å². The van der Waals surface area contributed by atoms with Gasteiger partial charge < -0.3 is 5.11 Å². The van der Waals surface area contributed by atoms with E-state index in [2.05, 4.69) is 66.5 Å². The van der Waals surface area contributed by atoms with Crippen LogP contribution in [0.4, 0.5) is 0 Å². The minimum atomic E-state index is -1.18. The van der Waals surface area contributed by atoms with Crippen LogP contribution < -0.4 is 0 Å². The van der Waals surface area contributed by atoms with Crippen LogP contribution in [0.3, 0.4) is 0 Å². The van der Waals surface area contributed by atoms with E-state index in [0.29, 0.717) is 0 Å². The van der Waals surface area contributed by atoms with E-state index < -0.39 is 5.97 Å². The van der Waals surface area contributed by atoms with Crippen LogP contribution in [-0.2, 0) is 17.6 Å². The van der Waals surface area contributed by atoms with Gasteiger partial charge in [-0.2, -0.15) is 5.26 Å². The molecule has 0 saturated heterocycles. The Morgan fingerprint density at radius 1 is 0.714 bits per heavy atom. The number of carbonyl (C=O) groups is 1. The number of nitriles is 1. The fraction of sp³-hybridized carbons (Fsp3) is 0.316. The predicted molar refractivity (Wildman–Crippen MR) is 226 cm³/mol. The Balaban J connectivity index is 1.26. The summed E-state index contributed by atoms with van der Waals surface area (Å²) in [6.07, 6.45) is 13.3. The van der Waals surface area contributed by atoms with Crippen LogP contribution in [0.5, 0.6) is 0 Å². The zero-order chi connectivity index (χ0) is 34.2. The first-order valence-electron chi connectivity index (χ1n) is 16.6. The molecule has 0 amide bonds. The Kier molecular flexibility index (Phi) is 13.6. The number of thioether (sulfide) groups is 4.